The maximum Gasteiger partial charge on any atom is 0.240 e. The molecule has 3 nitrogen and oxygen atoms in total. The van der Waals surface area contributed by atoms with Gasteiger partial charge in [-0.25, -0.2) is 0 Å². The number of rotatable bonds is 3. The smallest absolute Gasteiger partial charge is 0.240 e. The summed E-state index contributed by atoms with van der Waals surface area (Å²) in [7, 11) is 0. The Bertz CT molecular complexity index is 607. The van der Waals surface area contributed by atoms with Crippen LogP contribution in [0.2, 0.25) is 0 Å². The van der Waals surface area contributed by atoms with Crippen molar-refractivity contribution in [2.75, 3.05) is 0 Å². The fourth-order valence-corrected chi connectivity index (χ4v) is 4.39. The summed E-state index contributed by atoms with van der Waals surface area (Å²) in [5.74, 6) is 1.82. The number of quaternary nitrogens is 1. The molecule has 4 rings (SSSR count). The SMILES string of the molecule is O=C1CCCC2=C1[C@@H]1CCC[C@@]([NH2+]Cc3ccccc3)(C1)O2. The molecule has 116 valence electrons. The molecule has 22 heavy (non-hydrogen) atoms. The third-order valence-corrected chi connectivity index (χ3v) is 5.44. The standard InChI is InChI=1S/C19H23NO2/c21-16-9-4-10-17-18(16)15-8-5-11-19(12-15,22-17)20-13-14-6-2-1-3-7-14/h1-3,6-7,15,20H,4-5,8-13H2/p+1/t15-,19+/m1/s1. The minimum atomic E-state index is -0.130. The van der Waals surface area contributed by atoms with Crippen LogP contribution in [0, 0.1) is 5.92 Å². The second-order valence-electron chi connectivity index (χ2n) is 6.97. The molecule has 2 N–H and O–H groups in total. The molecule has 2 aliphatic carbocycles. The molecule has 2 bridgehead atoms. The first kappa shape index (κ1) is 14.0. The summed E-state index contributed by atoms with van der Waals surface area (Å²) in [5, 5.41) is 2.37. The number of carbonyl (C=O) groups excluding carboxylic acids is 1. The number of carbonyl (C=O) groups is 1. The van der Waals surface area contributed by atoms with E-state index in [4.69, 9.17) is 4.74 Å². The van der Waals surface area contributed by atoms with Crippen LogP contribution in [-0.4, -0.2) is 11.5 Å². The van der Waals surface area contributed by atoms with Crippen LogP contribution >= 0.6 is 0 Å². The highest BCUT2D eigenvalue weighted by atomic mass is 16.5. The fraction of sp³-hybridized carbons (Fsp3) is 0.526. The molecule has 0 radical (unpaired) electrons. The van der Waals surface area contributed by atoms with Crippen LogP contribution in [-0.2, 0) is 16.1 Å². The Kier molecular flexibility index (Phi) is 3.53. The Hall–Kier alpha value is -1.61. The molecule has 0 aromatic heterocycles. The summed E-state index contributed by atoms with van der Waals surface area (Å²) in [6.45, 7) is 0.949. The van der Waals surface area contributed by atoms with Crippen molar-refractivity contribution in [2.45, 2.75) is 57.2 Å². The Morgan fingerprint density at radius 1 is 1.18 bits per heavy atom. The largest absolute Gasteiger partial charge is 0.444 e. The van der Waals surface area contributed by atoms with E-state index >= 15 is 0 Å². The fourth-order valence-electron chi connectivity index (χ4n) is 4.39. The van der Waals surface area contributed by atoms with Gasteiger partial charge in [0.05, 0.1) is 0 Å². The molecule has 0 saturated heterocycles. The van der Waals surface area contributed by atoms with Crippen molar-refractivity contribution < 1.29 is 14.8 Å². The van der Waals surface area contributed by atoms with E-state index in [1.807, 2.05) is 0 Å². The normalized spacial score (nSPS) is 30.7. The van der Waals surface area contributed by atoms with Gasteiger partial charge in [0, 0.05) is 42.7 Å². The topological polar surface area (TPSA) is 42.9 Å². The van der Waals surface area contributed by atoms with Crippen molar-refractivity contribution in [3.63, 3.8) is 0 Å². The van der Waals surface area contributed by atoms with Crippen LogP contribution in [0.5, 0.6) is 0 Å². The average molecular weight is 298 g/mol. The highest BCUT2D eigenvalue weighted by Gasteiger charge is 2.49. The molecule has 2 atom stereocenters. The molecule has 1 fully saturated rings. The van der Waals surface area contributed by atoms with Crippen LogP contribution in [0.3, 0.4) is 0 Å². The highest BCUT2D eigenvalue weighted by molar-refractivity contribution is 5.97. The van der Waals surface area contributed by atoms with Gasteiger partial charge in [-0.3, -0.25) is 4.79 Å². The molecule has 0 spiro atoms. The van der Waals surface area contributed by atoms with E-state index in [0.29, 0.717) is 11.7 Å². The molecular formula is C19H24NO2+. The van der Waals surface area contributed by atoms with E-state index < -0.39 is 0 Å². The number of ether oxygens (including phenoxy) is 1. The molecule has 1 aliphatic heterocycles. The second-order valence-corrected chi connectivity index (χ2v) is 6.97. The van der Waals surface area contributed by atoms with E-state index in [1.165, 1.54) is 12.0 Å². The third-order valence-electron chi connectivity index (χ3n) is 5.44. The van der Waals surface area contributed by atoms with E-state index in [9.17, 15) is 4.79 Å². The molecular weight excluding hydrogens is 274 g/mol. The van der Waals surface area contributed by atoms with Gasteiger partial charge in [0.15, 0.2) is 5.78 Å². The minimum Gasteiger partial charge on any atom is -0.444 e. The van der Waals surface area contributed by atoms with Crippen molar-refractivity contribution in [3.8, 4) is 0 Å². The predicted molar refractivity (Wildman–Crippen MR) is 83.7 cm³/mol. The predicted octanol–water partition coefficient (Wildman–Crippen LogP) is 2.67. The van der Waals surface area contributed by atoms with E-state index in [-0.39, 0.29) is 5.72 Å². The van der Waals surface area contributed by atoms with Gasteiger partial charge in [0.1, 0.15) is 12.3 Å². The number of allylic oxidation sites excluding steroid dienone is 2. The van der Waals surface area contributed by atoms with Crippen LogP contribution in [0.25, 0.3) is 0 Å². The number of fused-ring (bicyclic) bond motifs is 3. The molecule has 1 aromatic rings. The summed E-state index contributed by atoms with van der Waals surface area (Å²) in [5.41, 5.74) is 2.26. The van der Waals surface area contributed by atoms with Gasteiger partial charge >= 0.3 is 0 Å². The van der Waals surface area contributed by atoms with Crippen LogP contribution < -0.4 is 5.32 Å². The van der Waals surface area contributed by atoms with Crippen LogP contribution in [0.4, 0.5) is 0 Å². The molecule has 1 heterocycles. The zero-order valence-electron chi connectivity index (χ0n) is 13.0. The zero-order chi connectivity index (χ0) is 15.0. The van der Waals surface area contributed by atoms with Gasteiger partial charge in [-0.2, -0.15) is 0 Å². The molecule has 1 aromatic carbocycles. The van der Waals surface area contributed by atoms with Gasteiger partial charge in [-0.05, 0) is 19.3 Å². The maximum atomic E-state index is 12.3. The van der Waals surface area contributed by atoms with Gasteiger partial charge in [-0.1, -0.05) is 30.3 Å². The summed E-state index contributed by atoms with van der Waals surface area (Å²) in [6, 6.07) is 10.6. The van der Waals surface area contributed by atoms with Gasteiger partial charge in [0.25, 0.3) is 0 Å². The quantitative estimate of drug-likeness (QED) is 0.932. The maximum absolute atomic E-state index is 12.3. The number of nitrogens with two attached hydrogens (primary N) is 1. The number of benzene rings is 1. The zero-order valence-corrected chi connectivity index (χ0v) is 13.0. The molecule has 0 amide bonds. The van der Waals surface area contributed by atoms with Crippen molar-refractivity contribution in [2.24, 2.45) is 5.92 Å². The van der Waals surface area contributed by atoms with Crippen molar-refractivity contribution in [1.29, 1.82) is 0 Å². The summed E-state index contributed by atoms with van der Waals surface area (Å²) in [4.78, 5) is 12.3. The lowest BCUT2D eigenvalue weighted by Crippen LogP contribution is -2.97. The number of hydrogen-bond donors (Lipinski definition) is 1. The van der Waals surface area contributed by atoms with E-state index in [2.05, 4.69) is 35.6 Å². The first-order valence-electron chi connectivity index (χ1n) is 8.59. The lowest BCUT2D eigenvalue weighted by molar-refractivity contribution is -0.785. The Balaban J connectivity index is 1.56. The first-order valence-corrected chi connectivity index (χ1v) is 8.59. The highest BCUT2D eigenvalue weighted by Crippen LogP contribution is 2.45. The van der Waals surface area contributed by atoms with Crippen molar-refractivity contribution in [3.05, 3.63) is 47.2 Å². The van der Waals surface area contributed by atoms with Crippen LogP contribution in [0.1, 0.15) is 50.5 Å². The Morgan fingerprint density at radius 3 is 2.91 bits per heavy atom. The Morgan fingerprint density at radius 2 is 2.05 bits per heavy atom. The monoisotopic (exact) mass is 298 g/mol. The lowest BCUT2D eigenvalue weighted by atomic mass is 9.73. The lowest BCUT2D eigenvalue weighted by Gasteiger charge is -2.45. The van der Waals surface area contributed by atoms with Crippen molar-refractivity contribution >= 4 is 5.78 Å². The first-order chi connectivity index (χ1) is 10.8. The minimum absolute atomic E-state index is 0.130. The second kappa shape index (κ2) is 5.54. The number of hydrogen-bond acceptors (Lipinski definition) is 2. The number of Topliss-reactive ketones (excluding diaryl/α,β-unsaturated/α-hetero) is 1. The summed E-state index contributed by atoms with van der Waals surface area (Å²) in [6.07, 6.45) is 7.07. The van der Waals surface area contributed by atoms with Crippen molar-refractivity contribution in [1.82, 2.24) is 0 Å². The third kappa shape index (κ3) is 2.48. The van der Waals surface area contributed by atoms with Gasteiger partial charge in [0.2, 0.25) is 5.72 Å². The molecule has 1 saturated carbocycles. The number of ketones is 1. The molecule has 3 aliphatic rings. The summed E-state index contributed by atoms with van der Waals surface area (Å²) < 4.78 is 6.44. The van der Waals surface area contributed by atoms with E-state index in [1.54, 1.807) is 0 Å². The summed E-state index contributed by atoms with van der Waals surface area (Å²) >= 11 is 0. The molecule has 0 unspecified atom stereocenters. The molecule has 3 heteroatoms. The van der Waals surface area contributed by atoms with E-state index in [0.717, 1.165) is 56.4 Å². The van der Waals surface area contributed by atoms with Crippen LogP contribution in [0.15, 0.2) is 41.7 Å². The van der Waals surface area contributed by atoms with Gasteiger partial charge in [-0.15, -0.1) is 0 Å². The Labute approximate surface area is 131 Å². The van der Waals surface area contributed by atoms with Gasteiger partial charge < -0.3 is 10.1 Å². The average Bonchev–Trinajstić information content (AvgIpc) is 2.54.